The molecular formula is C10H9F3N4O. The Kier molecular flexibility index (Phi) is 3.45. The minimum Gasteiger partial charge on any atom is -0.369 e. The van der Waals surface area contributed by atoms with Gasteiger partial charge in [0.2, 0.25) is 5.89 Å². The molecule has 0 aliphatic rings. The fraction of sp³-hybridized carbons (Fsp3) is 0.300. The van der Waals surface area contributed by atoms with E-state index in [0.29, 0.717) is 12.3 Å². The summed E-state index contributed by atoms with van der Waals surface area (Å²) in [7, 11) is 0. The third kappa shape index (κ3) is 2.96. The lowest BCUT2D eigenvalue weighted by Gasteiger charge is -2.12. The van der Waals surface area contributed by atoms with Crippen molar-refractivity contribution in [3.8, 4) is 0 Å². The zero-order chi connectivity index (χ0) is 13.0. The van der Waals surface area contributed by atoms with Crippen LogP contribution in [0.2, 0.25) is 0 Å². The van der Waals surface area contributed by atoms with Crippen LogP contribution < -0.4 is 5.32 Å². The number of rotatable bonds is 4. The largest absolute Gasteiger partial charge is 0.419 e. The average molecular weight is 258 g/mol. The maximum atomic E-state index is 12.6. The lowest BCUT2D eigenvalue weighted by molar-refractivity contribution is -0.137. The fourth-order valence-electron chi connectivity index (χ4n) is 1.37. The van der Waals surface area contributed by atoms with E-state index in [9.17, 15) is 13.2 Å². The molecule has 0 atom stereocenters. The van der Waals surface area contributed by atoms with Crippen molar-refractivity contribution in [1.82, 2.24) is 15.1 Å². The summed E-state index contributed by atoms with van der Waals surface area (Å²) in [6, 6.07) is 2.22. The first kappa shape index (κ1) is 12.3. The molecule has 5 nitrogen and oxygen atoms in total. The predicted molar refractivity (Wildman–Crippen MR) is 55.7 cm³/mol. The van der Waals surface area contributed by atoms with Crippen LogP contribution in [0.3, 0.4) is 0 Å². The molecule has 18 heavy (non-hydrogen) atoms. The van der Waals surface area contributed by atoms with Crippen molar-refractivity contribution in [2.24, 2.45) is 0 Å². The summed E-state index contributed by atoms with van der Waals surface area (Å²) in [5, 5.41) is 5.99. The van der Waals surface area contributed by atoms with Gasteiger partial charge in [0.05, 0.1) is 5.56 Å². The van der Waals surface area contributed by atoms with Gasteiger partial charge in [-0.2, -0.15) is 18.2 Å². The van der Waals surface area contributed by atoms with Crippen molar-refractivity contribution < 1.29 is 17.7 Å². The van der Waals surface area contributed by atoms with Gasteiger partial charge in [-0.05, 0) is 12.1 Å². The van der Waals surface area contributed by atoms with E-state index in [0.717, 1.165) is 6.07 Å². The van der Waals surface area contributed by atoms with Gasteiger partial charge in [0, 0.05) is 19.2 Å². The maximum absolute atomic E-state index is 12.6. The number of nitrogens with zero attached hydrogens (tertiary/aromatic N) is 3. The molecule has 0 amide bonds. The van der Waals surface area contributed by atoms with E-state index >= 15 is 0 Å². The van der Waals surface area contributed by atoms with Gasteiger partial charge in [-0.1, -0.05) is 5.16 Å². The standard InChI is InChI=1S/C10H9F3N4O/c11-10(12,13)7-2-1-4-14-9(7)15-5-3-8-16-6-17-18-8/h1-2,4,6H,3,5H2,(H,14,15). The summed E-state index contributed by atoms with van der Waals surface area (Å²) in [4.78, 5) is 7.42. The Morgan fingerprint density at radius 3 is 2.78 bits per heavy atom. The van der Waals surface area contributed by atoms with Crippen molar-refractivity contribution in [3.05, 3.63) is 36.1 Å². The molecule has 0 fully saturated rings. The summed E-state index contributed by atoms with van der Waals surface area (Å²) in [6.45, 7) is 0.224. The molecule has 8 heteroatoms. The Morgan fingerprint density at radius 1 is 1.28 bits per heavy atom. The molecule has 0 bridgehead atoms. The Bertz CT molecular complexity index is 498. The number of anilines is 1. The van der Waals surface area contributed by atoms with Gasteiger partial charge < -0.3 is 9.84 Å². The molecule has 2 aromatic rings. The lowest BCUT2D eigenvalue weighted by atomic mass is 10.2. The van der Waals surface area contributed by atoms with Crippen molar-refractivity contribution in [2.75, 3.05) is 11.9 Å². The van der Waals surface area contributed by atoms with Gasteiger partial charge >= 0.3 is 6.18 Å². The summed E-state index contributed by atoms with van der Waals surface area (Å²) in [5.74, 6) is 0.150. The molecule has 1 N–H and O–H groups in total. The molecule has 0 aromatic carbocycles. The van der Waals surface area contributed by atoms with Crippen molar-refractivity contribution in [3.63, 3.8) is 0 Å². The quantitative estimate of drug-likeness (QED) is 0.910. The van der Waals surface area contributed by atoms with Crippen LogP contribution in [0.4, 0.5) is 19.0 Å². The van der Waals surface area contributed by atoms with Crippen LogP contribution in [0.1, 0.15) is 11.5 Å². The first-order valence-corrected chi connectivity index (χ1v) is 5.09. The Hall–Kier alpha value is -2.12. The molecule has 0 unspecified atom stereocenters. The number of halogens is 3. The predicted octanol–water partition coefficient (Wildman–Crippen LogP) is 2.14. The maximum Gasteiger partial charge on any atom is 0.419 e. The van der Waals surface area contributed by atoms with Crippen molar-refractivity contribution in [1.29, 1.82) is 0 Å². The number of alkyl halides is 3. The average Bonchev–Trinajstić information content (AvgIpc) is 2.81. The summed E-state index contributed by atoms with van der Waals surface area (Å²) in [6.07, 6.45) is -1.57. The SMILES string of the molecule is FC(F)(F)c1cccnc1NCCc1ncno1. The van der Waals surface area contributed by atoms with E-state index < -0.39 is 11.7 Å². The van der Waals surface area contributed by atoms with Crippen molar-refractivity contribution in [2.45, 2.75) is 12.6 Å². The third-order valence-corrected chi connectivity index (χ3v) is 2.15. The topological polar surface area (TPSA) is 63.8 Å². The van der Waals surface area contributed by atoms with Gasteiger partial charge in [-0.15, -0.1) is 0 Å². The molecule has 0 aliphatic heterocycles. The molecule has 96 valence electrons. The number of aromatic nitrogens is 3. The number of hydrogen-bond donors (Lipinski definition) is 1. The van der Waals surface area contributed by atoms with Crippen LogP contribution in [0.25, 0.3) is 0 Å². The lowest BCUT2D eigenvalue weighted by Crippen LogP contribution is -2.14. The van der Waals surface area contributed by atoms with Gasteiger partial charge in [-0.3, -0.25) is 0 Å². The van der Waals surface area contributed by atoms with Crippen LogP contribution in [0, 0.1) is 0 Å². The summed E-state index contributed by atoms with van der Waals surface area (Å²) < 4.78 is 42.6. The molecule has 0 saturated heterocycles. The normalized spacial score (nSPS) is 11.5. The van der Waals surface area contributed by atoms with Crippen LogP contribution in [0.15, 0.2) is 29.2 Å². The summed E-state index contributed by atoms with van der Waals surface area (Å²) >= 11 is 0. The molecule has 2 rings (SSSR count). The minimum absolute atomic E-state index is 0.204. The molecular weight excluding hydrogens is 249 g/mol. The van der Waals surface area contributed by atoms with Gasteiger partial charge in [0.25, 0.3) is 0 Å². The first-order chi connectivity index (χ1) is 8.57. The number of hydrogen-bond acceptors (Lipinski definition) is 5. The molecule has 0 aliphatic carbocycles. The Balaban J connectivity index is 2.01. The van der Waals surface area contributed by atoms with Crippen LogP contribution in [-0.4, -0.2) is 21.7 Å². The second-order valence-corrected chi connectivity index (χ2v) is 3.41. The van der Waals surface area contributed by atoms with Gasteiger partial charge in [-0.25, -0.2) is 4.98 Å². The van der Waals surface area contributed by atoms with E-state index in [1.165, 1.54) is 18.6 Å². The Labute approximate surface area is 100 Å². The smallest absolute Gasteiger partial charge is 0.369 e. The van der Waals surface area contributed by atoms with Gasteiger partial charge in [0.1, 0.15) is 5.82 Å². The van der Waals surface area contributed by atoms with Crippen LogP contribution in [-0.2, 0) is 12.6 Å². The van der Waals surface area contributed by atoms with Crippen LogP contribution >= 0.6 is 0 Å². The summed E-state index contributed by atoms with van der Waals surface area (Å²) in [5.41, 5.74) is -0.796. The first-order valence-electron chi connectivity index (χ1n) is 5.09. The van der Waals surface area contributed by atoms with Crippen molar-refractivity contribution >= 4 is 5.82 Å². The third-order valence-electron chi connectivity index (χ3n) is 2.15. The molecule has 0 spiro atoms. The van der Waals surface area contributed by atoms with Crippen LogP contribution in [0.5, 0.6) is 0 Å². The van der Waals surface area contributed by atoms with E-state index in [2.05, 4.69) is 20.4 Å². The van der Waals surface area contributed by atoms with E-state index in [1.807, 2.05) is 0 Å². The number of nitrogens with one attached hydrogen (secondary N) is 1. The van der Waals surface area contributed by atoms with Gasteiger partial charge in [0.15, 0.2) is 6.33 Å². The van der Waals surface area contributed by atoms with E-state index in [4.69, 9.17) is 4.52 Å². The zero-order valence-electron chi connectivity index (χ0n) is 9.11. The molecule has 0 saturated carbocycles. The molecule has 0 radical (unpaired) electrons. The minimum atomic E-state index is -4.43. The second kappa shape index (κ2) is 5.03. The molecule has 2 heterocycles. The monoisotopic (exact) mass is 258 g/mol. The number of pyridine rings is 1. The second-order valence-electron chi connectivity index (χ2n) is 3.41. The fourth-order valence-corrected chi connectivity index (χ4v) is 1.37. The zero-order valence-corrected chi connectivity index (χ0v) is 9.11. The highest BCUT2D eigenvalue weighted by atomic mass is 19.4. The molecule has 2 aromatic heterocycles. The van der Waals surface area contributed by atoms with E-state index in [1.54, 1.807) is 0 Å². The highest BCUT2D eigenvalue weighted by Crippen LogP contribution is 2.33. The van der Waals surface area contributed by atoms with E-state index in [-0.39, 0.29) is 12.4 Å². The Morgan fingerprint density at radius 2 is 2.11 bits per heavy atom. The highest BCUT2D eigenvalue weighted by molar-refractivity contribution is 5.45. The highest BCUT2D eigenvalue weighted by Gasteiger charge is 2.33.